The Bertz CT molecular complexity index is 386. The van der Waals surface area contributed by atoms with Crippen molar-refractivity contribution in [3.05, 3.63) is 0 Å². The normalized spacial score (nSPS) is 38.6. The van der Waals surface area contributed by atoms with Crippen LogP contribution in [0.1, 0.15) is 54.4 Å². The lowest BCUT2D eigenvalue weighted by Gasteiger charge is -2.45. The molecule has 2 aliphatic heterocycles. The van der Waals surface area contributed by atoms with E-state index in [0.29, 0.717) is 16.4 Å². The van der Waals surface area contributed by atoms with Gasteiger partial charge in [-0.15, -0.1) is 0 Å². The van der Waals surface area contributed by atoms with E-state index in [4.69, 9.17) is 0 Å². The van der Waals surface area contributed by atoms with Crippen LogP contribution in [0.15, 0.2) is 0 Å². The molecule has 1 saturated carbocycles. The van der Waals surface area contributed by atoms with Gasteiger partial charge in [-0.05, 0) is 39.0 Å². The largest absolute Gasteiger partial charge is 0.314 e. The first-order valence-corrected chi connectivity index (χ1v) is 8.85. The second kappa shape index (κ2) is 4.94. The molecule has 2 saturated heterocycles. The monoisotopic (exact) mass is 293 g/mol. The number of nitrogens with one attached hydrogen (secondary N) is 1. The Morgan fingerprint density at radius 1 is 1.00 bits per heavy atom. The van der Waals surface area contributed by atoms with E-state index in [1.807, 2.05) is 0 Å². The highest BCUT2D eigenvalue weighted by Crippen LogP contribution is 2.64. The van der Waals surface area contributed by atoms with E-state index in [-0.39, 0.29) is 0 Å². The average molecular weight is 293 g/mol. The first-order chi connectivity index (χ1) is 9.63. The van der Waals surface area contributed by atoms with Crippen molar-refractivity contribution in [2.45, 2.75) is 72.0 Å². The Kier molecular flexibility index (Phi) is 3.71. The van der Waals surface area contributed by atoms with Gasteiger partial charge in [-0.2, -0.15) is 0 Å². The van der Waals surface area contributed by atoms with Crippen LogP contribution in [0.2, 0.25) is 0 Å². The maximum absolute atomic E-state index is 3.48. The van der Waals surface area contributed by atoms with E-state index < -0.39 is 0 Å². The van der Waals surface area contributed by atoms with Gasteiger partial charge in [0.25, 0.3) is 0 Å². The third-order valence-electron chi connectivity index (χ3n) is 5.94. The zero-order valence-electron chi connectivity index (χ0n) is 15.0. The molecule has 3 heteroatoms. The maximum Gasteiger partial charge on any atom is 0.0180 e. The fraction of sp³-hybridized carbons (Fsp3) is 1.00. The van der Waals surface area contributed by atoms with Crippen molar-refractivity contribution in [3.8, 4) is 0 Å². The SMILES string of the molecule is CC(C)(C)[C@@H]1C[C@@]2(CN3CCNCC3)CC2N1C(C)(C)C. The summed E-state index contributed by atoms with van der Waals surface area (Å²) in [5, 5.41) is 3.48. The topological polar surface area (TPSA) is 18.5 Å². The molecule has 2 heterocycles. The summed E-state index contributed by atoms with van der Waals surface area (Å²) in [7, 11) is 0. The molecule has 1 N–H and O–H groups in total. The van der Waals surface area contributed by atoms with E-state index in [2.05, 4.69) is 56.7 Å². The quantitative estimate of drug-likeness (QED) is 0.844. The molecule has 3 nitrogen and oxygen atoms in total. The molecule has 0 aromatic rings. The van der Waals surface area contributed by atoms with Crippen LogP contribution in [0.4, 0.5) is 0 Å². The van der Waals surface area contributed by atoms with Gasteiger partial charge in [0.2, 0.25) is 0 Å². The number of nitrogens with zero attached hydrogens (tertiary/aromatic N) is 2. The first-order valence-electron chi connectivity index (χ1n) is 8.85. The molecule has 0 aromatic carbocycles. The molecule has 0 bridgehead atoms. The van der Waals surface area contributed by atoms with Gasteiger partial charge in [0.05, 0.1) is 0 Å². The number of piperidine rings is 1. The van der Waals surface area contributed by atoms with Crippen molar-refractivity contribution in [1.82, 2.24) is 15.1 Å². The van der Waals surface area contributed by atoms with E-state index in [1.165, 1.54) is 45.6 Å². The molecule has 3 aliphatic rings. The van der Waals surface area contributed by atoms with Crippen LogP contribution in [-0.4, -0.2) is 60.1 Å². The van der Waals surface area contributed by atoms with Crippen LogP contribution >= 0.6 is 0 Å². The van der Waals surface area contributed by atoms with Crippen molar-refractivity contribution in [3.63, 3.8) is 0 Å². The predicted octanol–water partition coefficient (Wildman–Crippen LogP) is 2.57. The first kappa shape index (κ1) is 15.8. The third kappa shape index (κ3) is 2.89. The van der Waals surface area contributed by atoms with Crippen LogP contribution in [0.3, 0.4) is 0 Å². The molecule has 122 valence electrons. The van der Waals surface area contributed by atoms with Crippen LogP contribution in [0, 0.1) is 10.8 Å². The van der Waals surface area contributed by atoms with Crippen molar-refractivity contribution >= 4 is 0 Å². The number of hydrogen-bond acceptors (Lipinski definition) is 3. The van der Waals surface area contributed by atoms with Gasteiger partial charge >= 0.3 is 0 Å². The molecule has 21 heavy (non-hydrogen) atoms. The summed E-state index contributed by atoms with van der Waals surface area (Å²) in [6, 6.07) is 1.57. The van der Waals surface area contributed by atoms with Gasteiger partial charge < -0.3 is 10.2 Å². The fourth-order valence-electron chi connectivity index (χ4n) is 4.85. The number of likely N-dealkylation sites (tertiary alicyclic amines) is 1. The van der Waals surface area contributed by atoms with Crippen molar-refractivity contribution < 1.29 is 0 Å². The molecular formula is C18H35N3. The van der Waals surface area contributed by atoms with Crippen LogP contribution in [0.5, 0.6) is 0 Å². The van der Waals surface area contributed by atoms with E-state index >= 15 is 0 Å². The molecule has 0 aromatic heterocycles. The van der Waals surface area contributed by atoms with Gasteiger partial charge in [-0.3, -0.25) is 4.90 Å². The summed E-state index contributed by atoms with van der Waals surface area (Å²) in [6.07, 6.45) is 2.84. The lowest BCUT2D eigenvalue weighted by Crippen LogP contribution is -2.51. The highest BCUT2D eigenvalue weighted by atomic mass is 15.3. The molecule has 3 fully saturated rings. The lowest BCUT2D eigenvalue weighted by molar-refractivity contribution is 0.0362. The minimum atomic E-state index is 0.296. The Labute approximate surface area is 131 Å². The summed E-state index contributed by atoms with van der Waals surface area (Å²) < 4.78 is 0. The Morgan fingerprint density at radius 3 is 2.10 bits per heavy atom. The molecule has 1 unspecified atom stereocenters. The summed E-state index contributed by atoms with van der Waals surface area (Å²) in [4.78, 5) is 5.58. The van der Waals surface area contributed by atoms with Crippen LogP contribution in [-0.2, 0) is 0 Å². The zero-order valence-corrected chi connectivity index (χ0v) is 15.0. The predicted molar refractivity (Wildman–Crippen MR) is 89.6 cm³/mol. The van der Waals surface area contributed by atoms with E-state index in [1.54, 1.807) is 0 Å². The molecule has 3 atom stereocenters. The zero-order chi connectivity index (χ0) is 15.5. The summed E-state index contributed by atoms with van der Waals surface area (Å²) in [6.45, 7) is 20.7. The highest BCUT2D eigenvalue weighted by molar-refractivity contribution is 5.21. The van der Waals surface area contributed by atoms with E-state index in [9.17, 15) is 0 Å². The van der Waals surface area contributed by atoms with Crippen LogP contribution < -0.4 is 5.32 Å². The second-order valence-electron chi connectivity index (χ2n) is 9.77. The smallest absolute Gasteiger partial charge is 0.0180 e. The minimum Gasteiger partial charge on any atom is -0.314 e. The number of rotatable bonds is 2. The Hall–Kier alpha value is -0.120. The highest BCUT2D eigenvalue weighted by Gasteiger charge is 2.67. The summed E-state index contributed by atoms with van der Waals surface area (Å²) >= 11 is 0. The molecule has 0 spiro atoms. The molecule has 0 radical (unpaired) electrons. The molecule has 3 rings (SSSR count). The van der Waals surface area contributed by atoms with Gasteiger partial charge in [-0.25, -0.2) is 0 Å². The standard InChI is InChI=1S/C18H35N3/c1-16(2,3)14-11-18(13-20-9-7-19-8-10-20)12-15(18)21(14)17(4,5)6/h14-15,19H,7-13H2,1-6H3/t14-,15?,18-/m0/s1. The lowest BCUT2D eigenvalue weighted by atomic mass is 9.80. The second-order valence-corrected chi connectivity index (χ2v) is 9.77. The summed E-state index contributed by atoms with van der Waals surface area (Å²) in [5.41, 5.74) is 1.28. The molecule has 0 amide bonds. The van der Waals surface area contributed by atoms with Crippen molar-refractivity contribution in [2.24, 2.45) is 10.8 Å². The van der Waals surface area contributed by atoms with Crippen molar-refractivity contribution in [2.75, 3.05) is 32.7 Å². The van der Waals surface area contributed by atoms with Gasteiger partial charge in [0.1, 0.15) is 0 Å². The fourth-order valence-corrected chi connectivity index (χ4v) is 4.85. The average Bonchev–Trinajstić information content (AvgIpc) is 2.91. The molecule has 1 aliphatic carbocycles. The van der Waals surface area contributed by atoms with Gasteiger partial charge in [-0.1, -0.05) is 20.8 Å². The summed E-state index contributed by atoms with van der Waals surface area (Å²) in [5.74, 6) is 0. The number of fused-ring (bicyclic) bond motifs is 1. The number of hydrogen-bond donors (Lipinski definition) is 1. The minimum absolute atomic E-state index is 0.296. The van der Waals surface area contributed by atoms with Gasteiger partial charge in [0.15, 0.2) is 0 Å². The molecular weight excluding hydrogens is 258 g/mol. The maximum atomic E-state index is 3.48. The van der Waals surface area contributed by atoms with Crippen molar-refractivity contribution in [1.29, 1.82) is 0 Å². The Morgan fingerprint density at radius 2 is 1.62 bits per heavy atom. The van der Waals surface area contributed by atoms with Crippen LogP contribution in [0.25, 0.3) is 0 Å². The Balaban J connectivity index is 1.75. The van der Waals surface area contributed by atoms with E-state index in [0.717, 1.165) is 12.1 Å². The number of piperazine rings is 1. The van der Waals surface area contributed by atoms with Gasteiger partial charge in [0, 0.05) is 55.8 Å². The third-order valence-corrected chi connectivity index (χ3v) is 5.94.